The van der Waals surface area contributed by atoms with E-state index in [4.69, 9.17) is 0 Å². The molecule has 1 heterocycles. The molecule has 202 valence electrons. The van der Waals surface area contributed by atoms with Crippen LogP contribution in [-0.2, 0) is 5.41 Å². The second-order valence-corrected chi connectivity index (χ2v) is 12.8. The molecule has 43 heavy (non-hydrogen) atoms. The minimum atomic E-state index is -0.355. The van der Waals surface area contributed by atoms with Gasteiger partial charge in [0.2, 0.25) is 0 Å². The van der Waals surface area contributed by atoms with Crippen LogP contribution in [0.3, 0.4) is 0 Å². The second-order valence-electron chi connectivity index (χ2n) is 11.8. The summed E-state index contributed by atoms with van der Waals surface area (Å²) in [7, 11) is 0. The van der Waals surface area contributed by atoms with E-state index >= 15 is 0 Å². The van der Waals surface area contributed by atoms with Crippen molar-refractivity contribution in [2.24, 2.45) is 0 Å². The van der Waals surface area contributed by atoms with Gasteiger partial charge in [0.15, 0.2) is 0 Å². The summed E-state index contributed by atoms with van der Waals surface area (Å²) >= 11 is 1.93. The lowest BCUT2D eigenvalue weighted by Gasteiger charge is -2.40. The third-order valence-electron chi connectivity index (χ3n) is 9.35. The molecule has 0 nitrogen and oxygen atoms in total. The van der Waals surface area contributed by atoms with E-state index in [1.165, 1.54) is 81.8 Å². The molecule has 0 radical (unpaired) electrons. The SMILES string of the molecule is Cc1cc(-c2ccc3cc(-c4ccccc4)ccc3c2)c2c(c1)C1(c3ccccc3S2)c2ccccc2-c2ccccc21. The molecule has 0 unspecified atom stereocenters. The first-order valence-corrected chi connectivity index (χ1v) is 15.7. The molecule has 0 saturated heterocycles. The van der Waals surface area contributed by atoms with Crippen molar-refractivity contribution in [1.29, 1.82) is 0 Å². The molecule has 1 aliphatic carbocycles. The topological polar surface area (TPSA) is 0 Å². The van der Waals surface area contributed by atoms with Gasteiger partial charge in [0, 0.05) is 9.79 Å². The summed E-state index contributed by atoms with van der Waals surface area (Å²) in [5.41, 5.74) is 14.2. The second kappa shape index (κ2) is 9.33. The summed E-state index contributed by atoms with van der Waals surface area (Å²) in [5.74, 6) is 0. The van der Waals surface area contributed by atoms with Gasteiger partial charge >= 0.3 is 0 Å². The van der Waals surface area contributed by atoms with Gasteiger partial charge in [0.1, 0.15) is 0 Å². The first-order valence-electron chi connectivity index (χ1n) is 14.9. The van der Waals surface area contributed by atoms with Crippen LogP contribution in [0.1, 0.15) is 27.8 Å². The van der Waals surface area contributed by atoms with Crippen LogP contribution >= 0.6 is 11.8 Å². The lowest BCUT2D eigenvalue weighted by molar-refractivity contribution is 0.722. The summed E-state index contributed by atoms with van der Waals surface area (Å²) in [6, 6.07) is 56.5. The van der Waals surface area contributed by atoms with E-state index in [9.17, 15) is 0 Å². The Balaban J connectivity index is 1.30. The fraction of sp³-hybridized carbons (Fsp3) is 0.0476. The predicted molar refractivity (Wildman–Crippen MR) is 181 cm³/mol. The van der Waals surface area contributed by atoms with Gasteiger partial charge in [-0.1, -0.05) is 151 Å². The highest BCUT2D eigenvalue weighted by atomic mass is 32.2. The Kier molecular flexibility index (Phi) is 5.36. The maximum atomic E-state index is 2.45. The van der Waals surface area contributed by atoms with Gasteiger partial charge in [-0.2, -0.15) is 0 Å². The number of aryl methyl sites for hydroxylation is 1. The van der Waals surface area contributed by atoms with Crippen LogP contribution in [0.5, 0.6) is 0 Å². The lowest BCUT2D eigenvalue weighted by Crippen LogP contribution is -2.32. The summed E-state index contributed by atoms with van der Waals surface area (Å²) < 4.78 is 0. The zero-order valence-electron chi connectivity index (χ0n) is 23.8. The molecule has 0 saturated carbocycles. The quantitative estimate of drug-likeness (QED) is 0.201. The van der Waals surface area contributed by atoms with Crippen molar-refractivity contribution in [1.82, 2.24) is 0 Å². The van der Waals surface area contributed by atoms with Crippen molar-refractivity contribution < 1.29 is 0 Å². The van der Waals surface area contributed by atoms with Crippen LogP contribution in [0.15, 0.2) is 161 Å². The Morgan fingerprint density at radius 2 is 1.00 bits per heavy atom. The van der Waals surface area contributed by atoms with Crippen molar-refractivity contribution in [3.63, 3.8) is 0 Å². The third-order valence-corrected chi connectivity index (χ3v) is 10.6. The average Bonchev–Trinajstić information content (AvgIpc) is 3.36. The lowest BCUT2D eigenvalue weighted by atomic mass is 9.66. The Bertz CT molecular complexity index is 2180. The minimum Gasteiger partial charge on any atom is -0.0887 e. The van der Waals surface area contributed by atoms with Gasteiger partial charge in [0.05, 0.1) is 5.41 Å². The van der Waals surface area contributed by atoms with E-state index in [-0.39, 0.29) is 5.41 Å². The summed E-state index contributed by atoms with van der Waals surface area (Å²) in [6.45, 7) is 2.25. The highest BCUT2D eigenvalue weighted by molar-refractivity contribution is 7.99. The van der Waals surface area contributed by atoms with Crippen LogP contribution in [0.25, 0.3) is 44.2 Å². The molecule has 7 aromatic rings. The molecule has 0 amide bonds. The first kappa shape index (κ1) is 24.7. The molecule has 0 aromatic heterocycles. The van der Waals surface area contributed by atoms with Crippen LogP contribution < -0.4 is 0 Å². The van der Waals surface area contributed by atoms with Gasteiger partial charge in [-0.05, 0) is 91.5 Å². The molecular formula is C42H28S. The largest absolute Gasteiger partial charge is 0.0887 e. The van der Waals surface area contributed by atoms with Crippen LogP contribution in [0, 0.1) is 6.92 Å². The standard InChI is InChI=1S/C42H28S/c1-27-23-35(32-22-21-30-25-29(19-20-31(30)26-32)28-11-3-2-4-12-28)41-39(24-27)42(38-17-9-10-18-40(38)43-41)36-15-7-5-13-33(36)34-14-6-8-16-37(34)42/h2-26H,1H3. The maximum Gasteiger partial charge on any atom is 0.0735 e. The van der Waals surface area contributed by atoms with Gasteiger partial charge in [-0.25, -0.2) is 0 Å². The van der Waals surface area contributed by atoms with E-state index in [1.54, 1.807) is 0 Å². The highest BCUT2D eigenvalue weighted by Gasteiger charge is 2.50. The Morgan fingerprint density at radius 3 is 1.72 bits per heavy atom. The monoisotopic (exact) mass is 564 g/mol. The molecule has 1 aliphatic heterocycles. The van der Waals surface area contributed by atoms with E-state index in [2.05, 4.69) is 159 Å². The number of rotatable bonds is 2. The van der Waals surface area contributed by atoms with E-state index in [1.807, 2.05) is 11.8 Å². The summed E-state index contributed by atoms with van der Waals surface area (Å²) in [6.07, 6.45) is 0. The van der Waals surface area contributed by atoms with E-state index < -0.39 is 0 Å². The fourth-order valence-electron chi connectivity index (χ4n) is 7.54. The van der Waals surface area contributed by atoms with Crippen molar-refractivity contribution in [3.8, 4) is 33.4 Å². The van der Waals surface area contributed by atoms with Crippen molar-refractivity contribution in [3.05, 3.63) is 179 Å². The van der Waals surface area contributed by atoms with Crippen molar-refractivity contribution in [2.75, 3.05) is 0 Å². The van der Waals surface area contributed by atoms with Gasteiger partial charge < -0.3 is 0 Å². The van der Waals surface area contributed by atoms with E-state index in [0.29, 0.717) is 0 Å². The Morgan fingerprint density at radius 1 is 0.419 bits per heavy atom. The van der Waals surface area contributed by atoms with Crippen molar-refractivity contribution in [2.45, 2.75) is 22.1 Å². The van der Waals surface area contributed by atoms with Crippen LogP contribution in [0.4, 0.5) is 0 Å². The molecule has 0 atom stereocenters. The summed E-state index contributed by atoms with van der Waals surface area (Å²) in [4.78, 5) is 2.69. The molecule has 0 bridgehead atoms. The molecule has 2 aliphatic rings. The number of hydrogen-bond donors (Lipinski definition) is 0. The maximum absolute atomic E-state index is 2.45. The minimum absolute atomic E-state index is 0.355. The molecule has 0 fully saturated rings. The molecule has 7 aromatic carbocycles. The molecule has 1 spiro atoms. The normalized spacial score (nSPS) is 13.8. The third kappa shape index (κ3) is 3.52. The average molecular weight is 565 g/mol. The number of fused-ring (bicyclic) bond motifs is 10. The van der Waals surface area contributed by atoms with Gasteiger partial charge in [-0.15, -0.1) is 0 Å². The Labute approximate surface area is 256 Å². The van der Waals surface area contributed by atoms with Gasteiger partial charge in [0.25, 0.3) is 0 Å². The smallest absolute Gasteiger partial charge is 0.0735 e. The zero-order chi connectivity index (χ0) is 28.5. The Hall–Kier alpha value is -4.85. The molecule has 0 N–H and O–H groups in total. The first-order chi connectivity index (χ1) is 21.2. The van der Waals surface area contributed by atoms with E-state index in [0.717, 1.165) is 0 Å². The summed E-state index contributed by atoms with van der Waals surface area (Å²) in [5, 5.41) is 2.53. The molecule has 1 heteroatoms. The zero-order valence-corrected chi connectivity index (χ0v) is 24.7. The molecular weight excluding hydrogens is 537 g/mol. The number of hydrogen-bond acceptors (Lipinski definition) is 1. The van der Waals surface area contributed by atoms with Gasteiger partial charge in [-0.3, -0.25) is 0 Å². The van der Waals surface area contributed by atoms with Crippen LogP contribution in [0.2, 0.25) is 0 Å². The van der Waals surface area contributed by atoms with Crippen molar-refractivity contribution >= 4 is 22.5 Å². The predicted octanol–water partition coefficient (Wildman–Crippen LogP) is 11.3. The fourth-order valence-corrected chi connectivity index (χ4v) is 8.84. The molecule has 9 rings (SSSR count). The number of benzene rings is 7. The highest BCUT2D eigenvalue weighted by Crippen LogP contribution is 2.63. The van der Waals surface area contributed by atoms with Crippen LogP contribution in [-0.4, -0.2) is 0 Å².